The van der Waals surface area contributed by atoms with Crippen LogP contribution in [0.5, 0.6) is 5.75 Å². The minimum Gasteiger partial charge on any atom is -0.497 e. The van der Waals surface area contributed by atoms with Gasteiger partial charge in [-0.25, -0.2) is 0 Å². The topological polar surface area (TPSA) is 80.5 Å². The smallest absolute Gasteiger partial charge is 0.241 e. The van der Waals surface area contributed by atoms with Crippen molar-refractivity contribution in [3.05, 3.63) is 59.5 Å². The Morgan fingerprint density at radius 2 is 2.03 bits per heavy atom. The number of carbonyl (C=O) groups excluding carboxylic acids is 1. The molecule has 1 atom stereocenters. The second kappa shape index (κ2) is 9.31. The van der Waals surface area contributed by atoms with E-state index >= 15 is 0 Å². The highest BCUT2D eigenvalue weighted by molar-refractivity contribution is 5.93. The average Bonchev–Trinajstić information content (AvgIpc) is 3.24. The normalized spacial score (nSPS) is 16.8. The number of piperidine rings is 1. The fraction of sp³-hybridized carbons (Fsp3) is 0.375. The summed E-state index contributed by atoms with van der Waals surface area (Å²) in [6.07, 6.45) is 1.85. The Bertz CT molecular complexity index is 1050. The molecule has 4 rings (SSSR count). The van der Waals surface area contributed by atoms with Crippen LogP contribution in [-0.2, 0) is 11.3 Å². The highest BCUT2D eigenvalue weighted by Crippen LogP contribution is 2.24. The number of ether oxygens (including phenoxy) is 1. The molecule has 1 aliphatic rings. The van der Waals surface area contributed by atoms with Crippen LogP contribution in [0.3, 0.4) is 0 Å². The van der Waals surface area contributed by atoms with Gasteiger partial charge in [-0.2, -0.15) is 4.98 Å². The number of hydrogen-bond acceptors (Lipinski definition) is 6. The third kappa shape index (κ3) is 5.11. The second-order valence-corrected chi connectivity index (χ2v) is 8.12. The lowest BCUT2D eigenvalue weighted by Crippen LogP contribution is -2.40. The molecule has 1 N–H and O–H groups in total. The van der Waals surface area contributed by atoms with E-state index < -0.39 is 0 Å². The molecule has 7 heteroatoms. The summed E-state index contributed by atoms with van der Waals surface area (Å²) < 4.78 is 10.6. The van der Waals surface area contributed by atoms with E-state index in [2.05, 4.69) is 33.3 Å². The quantitative estimate of drug-likeness (QED) is 0.643. The molecule has 7 nitrogen and oxygen atoms in total. The van der Waals surface area contributed by atoms with Crippen LogP contribution in [0.15, 0.2) is 47.0 Å². The Hall–Kier alpha value is -3.19. The monoisotopic (exact) mass is 420 g/mol. The molecule has 1 amide bonds. The van der Waals surface area contributed by atoms with Gasteiger partial charge >= 0.3 is 0 Å². The third-order valence-corrected chi connectivity index (χ3v) is 5.69. The Morgan fingerprint density at radius 3 is 2.77 bits per heavy atom. The van der Waals surface area contributed by atoms with Crippen molar-refractivity contribution >= 4 is 11.6 Å². The van der Waals surface area contributed by atoms with Gasteiger partial charge in [-0.05, 0) is 69.1 Å². The van der Waals surface area contributed by atoms with Gasteiger partial charge in [0.15, 0.2) is 0 Å². The Labute approximate surface area is 182 Å². The van der Waals surface area contributed by atoms with Crippen LogP contribution in [0.25, 0.3) is 11.4 Å². The summed E-state index contributed by atoms with van der Waals surface area (Å²) in [5.41, 5.74) is 4.03. The molecule has 162 valence electrons. The Morgan fingerprint density at radius 1 is 1.23 bits per heavy atom. The first kappa shape index (κ1) is 21.1. The summed E-state index contributed by atoms with van der Waals surface area (Å²) in [6, 6.07) is 13.6. The Balaban J connectivity index is 1.36. The highest BCUT2D eigenvalue weighted by atomic mass is 16.5. The SMILES string of the molecule is COc1ccc(-c2noc(CN3CCCC(C(=O)Nc4ccc(C)cc4C)C3)n2)cc1. The van der Waals surface area contributed by atoms with Gasteiger partial charge in [0.1, 0.15) is 5.75 Å². The second-order valence-electron chi connectivity index (χ2n) is 8.12. The maximum absolute atomic E-state index is 12.8. The van der Waals surface area contributed by atoms with Crippen LogP contribution in [0.2, 0.25) is 0 Å². The fourth-order valence-corrected chi connectivity index (χ4v) is 3.97. The van der Waals surface area contributed by atoms with Crippen LogP contribution in [0, 0.1) is 19.8 Å². The number of hydrogen-bond donors (Lipinski definition) is 1. The number of nitrogens with zero attached hydrogens (tertiary/aromatic N) is 3. The summed E-state index contributed by atoms with van der Waals surface area (Å²) in [5.74, 6) is 1.91. The van der Waals surface area contributed by atoms with Gasteiger partial charge in [-0.3, -0.25) is 9.69 Å². The Kier molecular flexibility index (Phi) is 6.32. The van der Waals surface area contributed by atoms with Gasteiger partial charge < -0.3 is 14.6 Å². The maximum Gasteiger partial charge on any atom is 0.241 e. The standard InChI is InChI=1S/C24H28N4O3/c1-16-6-11-21(17(2)13-16)25-24(29)19-5-4-12-28(14-19)15-22-26-23(27-31-22)18-7-9-20(30-3)10-8-18/h6-11,13,19H,4-5,12,14-15H2,1-3H3,(H,25,29). The van der Waals surface area contributed by atoms with E-state index in [-0.39, 0.29) is 11.8 Å². The summed E-state index contributed by atoms with van der Waals surface area (Å²) in [4.78, 5) is 19.6. The summed E-state index contributed by atoms with van der Waals surface area (Å²) >= 11 is 0. The predicted molar refractivity (Wildman–Crippen MR) is 119 cm³/mol. The van der Waals surface area contributed by atoms with Gasteiger partial charge in [-0.1, -0.05) is 22.9 Å². The fourth-order valence-electron chi connectivity index (χ4n) is 3.97. The third-order valence-electron chi connectivity index (χ3n) is 5.69. The average molecular weight is 421 g/mol. The van der Waals surface area contributed by atoms with Gasteiger partial charge in [0.25, 0.3) is 0 Å². The first-order valence-corrected chi connectivity index (χ1v) is 10.6. The lowest BCUT2D eigenvalue weighted by Gasteiger charge is -2.31. The van der Waals surface area contributed by atoms with Crippen molar-refractivity contribution in [3.8, 4) is 17.1 Å². The minimum absolute atomic E-state index is 0.0570. The molecular weight excluding hydrogens is 392 g/mol. The zero-order valence-corrected chi connectivity index (χ0v) is 18.2. The zero-order valence-electron chi connectivity index (χ0n) is 18.2. The number of carbonyl (C=O) groups is 1. The highest BCUT2D eigenvalue weighted by Gasteiger charge is 2.27. The number of methoxy groups -OCH3 is 1. The first-order valence-electron chi connectivity index (χ1n) is 10.6. The number of benzene rings is 2. The number of nitrogens with one attached hydrogen (secondary N) is 1. The van der Waals surface area contributed by atoms with Gasteiger partial charge in [-0.15, -0.1) is 0 Å². The molecule has 0 aliphatic carbocycles. The van der Waals surface area contributed by atoms with Crippen LogP contribution >= 0.6 is 0 Å². The maximum atomic E-state index is 12.8. The van der Waals surface area contributed by atoms with Crippen molar-refractivity contribution in [2.45, 2.75) is 33.2 Å². The van der Waals surface area contributed by atoms with Crippen molar-refractivity contribution in [1.82, 2.24) is 15.0 Å². The van der Waals surface area contributed by atoms with E-state index in [1.807, 2.05) is 43.3 Å². The molecule has 0 bridgehead atoms. The van der Waals surface area contributed by atoms with Gasteiger partial charge in [0.05, 0.1) is 19.6 Å². The number of aromatic nitrogens is 2. The first-order chi connectivity index (χ1) is 15.0. The molecule has 1 fully saturated rings. The molecule has 2 aromatic carbocycles. The van der Waals surface area contributed by atoms with Crippen molar-refractivity contribution in [3.63, 3.8) is 0 Å². The molecule has 2 heterocycles. The summed E-state index contributed by atoms with van der Waals surface area (Å²) in [5, 5.41) is 7.20. The molecule has 1 unspecified atom stereocenters. The molecule has 1 aliphatic heterocycles. The van der Waals surface area contributed by atoms with Crippen LogP contribution in [0.1, 0.15) is 29.9 Å². The van der Waals surface area contributed by atoms with Crippen molar-refractivity contribution in [1.29, 1.82) is 0 Å². The van der Waals surface area contributed by atoms with Crippen LogP contribution < -0.4 is 10.1 Å². The number of likely N-dealkylation sites (tertiary alicyclic amines) is 1. The van der Waals surface area contributed by atoms with Crippen molar-refractivity contribution < 1.29 is 14.1 Å². The largest absolute Gasteiger partial charge is 0.497 e. The molecule has 0 saturated carbocycles. The van der Waals surface area contributed by atoms with Crippen LogP contribution in [-0.4, -0.2) is 41.1 Å². The lowest BCUT2D eigenvalue weighted by molar-refractivity contribution is -0.121. The molecule has 1 saturated heterocycles. The van der Waals surface area contributed by atoms with Crippen molar-refractivity contribution in [2.24, 2.45) is 5.92 Å². The van der Waals surface area contributed by atoms with E-state index in [0.717, 1.165) is 42.0 Å². The number of rotatable bonds is 6. The van der Waals surface area contributed by atoms with E-state index in [4.69, 9.17) is 9.26 Å². The summed E-state index contributed by atoms with van der Waals surface area (Å²) in [7, 11) is 1.63. The molecular formula is C24H28N4O3. The molecule has 0 radical (unpaired) electrons. The predicted octanol–water partition coefficient (Wildman–Crippen LogP) is 4.21. The number of amides is 1. The molecule has 31 heavy (non-hydrogen) atoms. The van der Waals surface area contributed by atoms with E-state index in [1.165, 1.54) is 5.56 Å². The van der Waals surface area contributed by atoms with E-state index in [1.54, 1.807) is 7.11 Å². The zero-order chi connectivity index (χ0) is 21.8. The summed E-state index contributed by atoms with van der Waals surface area (Å²) in [6.45, 7) is 6.20. The molecule has 3 aromatic rings. The number of anilines is 1. The van der Waals surface area contributed by atoms with E-state index in [0.29, 0.717) is 24.8 Å². The van der Waals surface area contributed by atoms with Crippen molar-refractivity contribution in [2.75, 3.05) is 25.5 Å². The number of aryl methyl sites for hydroxylation is 2. The molecule has 1 aromatic heterocycles. The van der Waals surface area contributed by atoms with Gasteiger partial charge in [0, 0.05) is 17.8 Å². The van der Waals surface area contributed by atoms with E-state index in [9.17, 15) is 4.79 Å². The minimum atomic E-state index is -0.0570. The molecule has 0 spiro atoms. The van der Waals surface area contributed by atoms with Gasteiger partial charge in [0.2, 0.25) is 17.6 Å². The lowest BCUT2D eigenvalue weighted by atomic mass is 9.96. The van der Waals surface area contributed by atoms with Crippen LogP contribution in [0.4, 0.5) is 5.69 Å².